The molecule has 0 atom stereocenters. The van der Waals surface area contributed by atoms with E-state index >= 15 is 0 Å². The molecule has 0 unspecified atom stereocenters. The predicted octanol–water partition coefficient (Wildman–Crippen LogP) is 3.28. The van der Waals surface area contributed by atoms with E-state index in [4.69, 9.17) is 4.98 Å². The Morgan fingerprint density at radius 3 is 2.36 bits per heavy atom. The highest BCUT2D eigenvalue weighted by atomic mass is 15.4. The van der Waals surface area contributed by atoms with Gasteiger partial charge in [-0.15, -0.1) is 5.10 Å². The topological polar surface area (TPSA) is 48.4 Å². The van der Waals surface area contributed by atoms with E-state index in [1.54, 1.807) is 6.20 Å². The van der Waals surface area contributed by atoms with E-state index < -0.39 is 0 Å². The van der Waals surface area contributed by atoms with Crippen molar-refractivity contribution in [1.82, 2.24) is 15.2 Å². The maximum absolute atomic E-state index is 4.88. The van der Waals surface area contributed by atoms with Crippen LogP contribution < -0.4 is 14.7 Å². The first-order valence-corrected chi connectivity index (χ1v) is 9.98. The van der Waals surface area contributed by atoms with Gasteiger partial charge in [-0.1, -0.05) is 36.4 Å². The van der Waals surface area contributed by atoms with Gasteiger partial charge in [0.25, 0.3) is 5.95 Å². The Morgan fingerprint density at radius 2 is 1.50 bits per heavy atom. The first kappa shape index (κ1) is 17.0. The SMILES string of the molecule is c1ccc(N2CCN(c3cnnc(N4CCCc5ccccc54)n3)CC2)cc1. The van der Waals surface area contributed by atoms with Gasteiger partial charge in [-0.2, -0.15) is 10.1 Å². The molecule has 0 aliphatic carbocycles. The second-order valence-electron chi connectivity index (χ2n) is 7.31. The van der Waals surface area contributed by atoms with Crippen LogP contribution in [-0.4, -0.2) is 47.9 Å². The summed E-state index contributed by atoms with van der Waals surface area (Å²) in [6.07, 6.45) is 4.01. The van der Waals surface area contributed by atoms with E-state index in [0.717, 1.165) is 51.4 Å². The molecule has 0 spiro atoms. The maximum Gasteiger partial charge on any atom is 0.251 e. The zero-order chi connectivity index (χ0) is 18.8. The Labute approximate surface area is 165 Å². The molecule has 0 saturated carbocycles. The lowest BCUT2D eigenvalue weighted by Gasteiger charge is -2.37. The molecule has 28 heavy (non-hydrogen) atoms. The van der Waals surface area contributed by atoms with Crippen LogP contribution in [0.3, 0.4) is 0 Å². The standard InChI is InChI=1S/C22H24N6/c1-2-9-19(10-3-1)26-13-15-27(16-14-26)21-17-23-25-22(24-21)28-12-6-8-18-7-4-5-11-20(18)28/h1-5,7,9-11,17H,6,8,12-16H2. The van der Waals surface area contributed by atoms with Crippen LogP contribution in [0.4, 0.5) is 23.1 Å². The van der Waals surface area contributed by atoms with Crippen molar-refractivity contribution < 1.29 is 0 Å². The Morgan fingerprint density at radius 1 is 0.750 bits per heavy atom. The molecule has 142 valence electrons. The van der Waals surface area contributed by atoms with Crippen molar-refractivity contribution in [2.75, 3.05) is 47.4 Å². The molecule has 0 bridgehead atoms. The lowest BCUT2D eigenvalue weighted by molar-refractivity contribution is 0.642. The van der Waals surface area contributed by atoms with Crippen LogP contribution in [0, 0.1) is 0 Å². The molecule has 1 fully saturated rings. The van der Waals surface area contributed by atoms with Gasteiger partial charge in [0.1, 0.15) is 0 Å². The first-order valence-electron chi connectivity index (χ1n) is 9.98. The predicted molar refractivity (Wildman–Crippen MR) is 112 cm³/mol. The number of fused-ring (bicyclic) bond motifs is 1. The number of benzene rings is 2. The number of nitrogens with zero attached hydrogens (tertiary/aromatic N) is 6. The Bertz CT molecular complexity index is 937. The molecule has 1 saturated heterocycles. The minimum Gasteiger partial charge on any atom is -0.368 e. The highest BCUT2D eigenvalue weighted by Crippen LogP contribution is 2.31. The zero-order valence-electron chi connectivity index (χ0n) is 15.9. The van der Waals surface area contributed by atoms with Crippen LogP contribution in [0.5, 0.6) is 0 Å². The Balaban J connectivity index is 1.33. The average molecular weight is 372 g/mol. The summed E-state index contributed by atoms with van der Waals surface area (Å²) in [6, 6.07) is 19.1. The molecular formula is C22H24N6. The Hall–Kier alpha value is -3.15. The average Bonchev–Trinajstić information content (AvgIpc) is 2.79. The number of para-hydroxylation sites is 2. The third kappa shape index (κ3) is 3.26. The summed E-state index contributed by atoms with van der Waals surface area (Å²) in [4.78, 5) is 11.8. The molecule has 3 heterocycles. The fourth-order valence-corrected chi connectivity index (χ4v) is 4.13. The van der Waals surface area contributed by atoms with Crippen LogP contribution in [0.2, 0.25) is 0 Å². The first-order chi connectivity index (χ1) is 13.9. The molecule has 0 amide bonds. The van der Waals surface area contributed by atoms with Gasteiger partial charge < -0.3 is 14.7 Å². The highest BCUT2D eigenvalue weighted by Gasteiger charge is 2.23. The molecule has 2 aliphatic rings. The third-order valence-corrected chi connectivity index (χ3v) is 5.61. The fourth-order valence-electron chi connectivity index (χ4n) is 4.13. The van der Waals surface area contributed by atoms with Crippen molar-refractivity contribution in [3.8, 4) is 0 Å². The normalized spacial score (nSPS) is 16.8. The molecule has 6 nitrogen and oxygen atoms in total. The second kappa shape index (κ2) is 7.46. The molecule has 6 heteroatoms. The molecular weight excluding hydrogens is 348 g/mol. The lowest BCUT2D eigenvalue weighted by atomic mass is 10.0. The van der Waals surface area contributed by atoms with Gasteiger partial charge in [0, 0.05) is 44.1 Å². The lowest BCUT2D eigenvalue weighted by Crippen LogP contribution is -2.47. The van der Waals surface area contributed by atoms with Gasteiger partial charge in [0.15, 0.2) is 5.82 Å². The number of rotatable bonds is 3. The van der Waals surface area contributed by atoms with Gasteiger partial charge in [0.05, 0.1) is 6.20 Å². The van der Waals surface area contributed by atoms with E-state index in [1.165, 1.54) is 16.9 Å². The summed E-state index contributed by atoms with van der Waals surface area (Å²) in [7, 11) is 0. The summed E-state index contributed by atoms with van der Waals surface area (Å²) >= 11 is 0. The van der Waals surface area contributed by atoms with Crippen molar-refractivity contribution in [3.63, 3.8) is 0 Å². The number of hydrogen-bond acceptors (Lipinski definition) is 6. The van der Waals surface area contributed by atoms with Gasteiger partial charge in [-0.05, 0) is 36.6 Å². The number of anilines is 4. The largest absolute Gasteiger partial charge is 0.368 e. The van der Waals surface area contributed by atoms with Gasteiger partial charge in [-0.25, -0.2) is 0 Å². The van der Waals surface area contributed by atoms with Crippen LogP contribution in [-0.2, 0) is 6.42 Å². The summed E-state index contributed by atoms with van der Waals surface area (Å²) in [5.74, 6) is 1.62. The molecule has 2 aromatic carbocycles. The second-order valence-corrected chi connectivity index (χ2v) is 7.31. The molecule has 3 aromatic rings. The fraction of sp³-hybridized carbons (Fsp3) is 0.318. The maximum atomic E-state index is 4.88. The van der Waals surface area contributed by atoms with Crippen molar-refractivity contribution >= 4 is 23.1 Å². The molecule has 1 aromatic heterocycles. The molecule has 2 aliphatic heterocycles. The molecule has 5 rings (SSSR count). The van der Waals surface area contributed by atoms with Crippen LogP contribution in [0.1, 0.15) is 12.0 Å². The summed E-state index contributed by atoms with van der Waals surface area (Å²) < 4.78 is 0. The number of piperazine rings is 1. The molecule has 0 N–H and O–H groups in total. The monoisotopic (exact) mass is 372 g/mol. The van der Waals surface area contributed by atoms with E-state index in [9.17, 15) is 0 Å². The summed E-state index contributed by atoms with van der Waals surface area (Å²) in [5, 5.41) is 8.62. The summed E-state index contributed by atoms with van der Waals surface area (Å²) in [6.45, 7) is 4.77. The van der Waals surface area contributed by atoms with E-state index in [-0.39, 0.29) is 0 Å². The quantitative estimate of drug-likeness (QED) is 0.703. The zero-order valence-corrected chi connectivity index (χ0v) is 15.9. The van der Waals surface area contributed by atoms with Crippen molar-refractivity contribution in [2.24, 2.45) is 0 Å². The number of aromatic nitrogens is 3. The molecule has 0 radical (unpaired) electrons. The van der Waals surface area contributed by atoms with Crippen LogP contribution in [0.25, 0.3) is 0 Å². The number of aryl methyl sites for hydroxylation is 1. The van der Waals surface area contributed by atoms with Crippen molar-refractivity contribution in [2.45, 2.75) is 12.8 Å². The van der Waals surface area contributed by atoms with Crippen LogP contribution in [0.15, 0.2) is 60.8 Å². The van der Waals surface area contributed by atoms with Crippen LogP contribution >= 0.6 is 0 Å². The van der Waals surface area contributed by atoms with Crippen molar-refractivity contribution in [3.05, 3.63) is 66.4 Å². The van der Waals surface area contributed by atoms with Gasteiger partial charge in [-0.3, -0.25) is 0 Å². The number of hydrogen-bond donors (Lipinski definition) is 0. The van der Waals surface area contributed by atoms with Gasteiger partial charge in [0.2, 0.25) is 0 Å². The Kier molecular flexibility index (Phi) is 4.53. The van der Waals surface area contributed by atoms with Crippen molar-refractivity contribution in [1.29, 1.82) is 0 Å². The van der Waals surface area contributed by atoms with E-state index in [1.807, 2.05) is 0 Å². The van der Waals surface area contributed by atoms with E-state index in [0.29, 0.717) is 5.95 Å². The third-order valence-electron chi connectivity index (χ3n) is 5.61. The highest BCUT2D eigenvalue weighted by molar-refractivity contribution is 5.64. The summed E-state index contributed by atoms with van der Waals surface area (Å²) in [5.41, 5.74) is 3.86. The van der Waals surface area contributed by atoms with Gasteiger partial charge >= 0.3 is 0 Å². The minimum absolute atomic E-state index is 0.704. The smallest absolute Gasteiger partial charge is 0.251 e. The minimum atomic E-state index is 0.704. The van der Waals surface area contributed by atoms with E-state index in [2.05, 4.69) is 79.5 Å².